The van der Waals surface area contributed by atoms with Crippen molar-refractivity contribution in [3.63, 3.8) is 0 Å². The van der Waals surface area contributed by atoms with Crippen LogP contribution in [0.3, 0.4) is 0 Å². The molecule has 98 valence electrons. The molecule has 2 rings (SSSR count). The lowest BCUT2D eigenvalue weighted by atomic mass is 9.89. The summed E-state index contributed by atoms with van der Waals surface area (Å²) in [6, 6.07) is 8.00. The van der Waals surface area contributed by atoms with Gasteiger partial charge >= 0.3 is 0 Å². The van der Waals surface area contributed by atoms with Gasteiger partial charge in [-0.2, -0.15) is 0 Å². The number of ether oxygens (including phenoxy) is 1. The van der Waals surface area contributed by atoms with Gasteiger partial charge in [0, 0.05) is 17.6 Å². The van der Waals surface area contributed by atoms with Crippen molar-refractivity contribution < 1.29 is 9.53 Å². The lowest BCUT2D eigenvalue weighted by Crippen LogP contribution is -2.50. The number of hydrogen-bond donors (Lipinski definition) is 0. The molecule has 1 aliphatic heterocycles. The van der Waals surface area contributed by atoms with Crippen molar-refractivity contribution in [1.82, 2.24) is 0 Å². The average molecular weight is 247 g/mol. The van der Waals surface area contributed by atoms with Crippen LogP contribution in [-0.2, 0) is 4.79 Å². The molecule has 0 aliphatic carbocycles. The topological polar surface area (TPSA) is 29.5 Å². The van der Waals surface area contributed by atoms with Gasteiger partial charge in [-0.25, -0.2) is 0 Å². The van der Waals surface area contributed by atoms with Crippen LogP contribution in [0, 0.1) is 0 Å². The average Bonchev–Trinajstić information content (AvgIpc) is 2.34. The maximum absolute atomic E-state index is 11.6. The van der Waals surface area contributed by atoms with E-state index in [-0.39, 0.29) is 5.54 Å². The summed E-state index contributed by atoms with van der Waals surface area (Å²) in [5.41, 5.74) is 1.14. The Morgan fingerprint density at radius 3 is 2.56 bits per heavy atom. The van der Waals surface area contributed by atoms with Gasteiger partial charge in [-0.1, -0.05) is 0 Å². The van der Waals surface area contributed by atoms with Gasteiger partial charge in [-0.15, -0.1) is 0 Å². The molecule has 3 heteroatoms. The molecule has 0 spiro atoms. The van der Waals surface area contributed by atoms with E-state index in [2.05, 4.69) is 18.7 Å². The van der Waals surface area contributed by atoms with E-state index in [0.29, 0.717) is 25.4 Å². The standard InChI is InChI=1S/C15H21NO2/c1-4-18-14-7-5-12(6-8-14)16-11-13(17)9-10-15(16,2)3/h5-8H,4,9-11H2,1-3H3. The fourth-order valence-corrected chi connectivity index (χ4v) is 2.38. The Morgan fingerprint density at radius 2 is 1.94 bits per heavy atom. The van der Waals surface area contributed by atoms with E-state index in [1.165, 1.54) is 0 Å². The molecule has 3 nitrogen and oxygen atoms in total. The van der Waals surface area contributed by atoms with E-state index in [9.17, 15) is 4.79 Å². The second-order valence-electron chi connectivity index (χ2n) is 5.36. The normalized spacial score (nSPS) is 18.8. The lowest BCUT2D eigenvalue weighted by Gasteiger charge is -2.43. The Bertz CT molecular complexity index is 423. The van der Waals surface area contributed by atoms with Crippen molar-refractivity contribution in [2.75, 3.05) is 18.1 Å². The summed E-state index contributed by atoms with van der Waals surface area (Å²) in [5.74, 6) is 1.20. The smallest absolute Gasteiger partial charge is 0.152 e. The first kappa shape index (κ1) is 12.9. The van der Waals surface area contributed by atoms with Crippen LogP contribution >= 0.6 is 0 Å². The highest BCUT2D eigenvalue weighted by Crippen LogP contribution is 2.32. The molecule has 0 unspecified atom stereocenters. The molecule has 1 aromatic rings. The summed E-state index contributed by atoms with van der Waals surface area (Å²) in [6.07, 6.45) is 1.61. The van der Waals surface area contributed by atoms with Gasteiger partial charge in [-0.05, 0) is 51.5 Å². The number of benzene rings is 1. The number of rotatable bonds is 3. The number of carbonyl (C=O) groups is 1. The molecule has 1 saturated heterocycles. The Labute approximate surface area is 109 Å². The van der Waals surface area contributed by atoms with E-state index in [0.717, 1.165) is 17.9 Å². The maximum atomic E-state index is 11.6. The van der Waals surface area contributed by atoms with Gasteiger partial charge in [0.25, 0.3) is 0 Å². The van der Waals surface area contributed by atoms with Crippen molar-refractivity contribution in [3.05, 3.63) is 24.3 Å². The molecule has 1 fully saturated rings. The Hall–Kier alpha value is -1.51. The zero-order valence-electron chi connectivity index (χ0n) is 11.4. The van der Waals surface area contributed by atoms with E-state index in [4.69, 9.17) is 4.74 Å². The number of ketones is 1. The molecule has 0 radical (unpaired) electrons. The Kier molecular flexibility index (Phi) is 3.60. The summed E-state index contributed by atoms with van der Waals surface area (Å²) in [4.78, 5) is 13.8. The zero-order chi connectivity index (χ0) is 13.2. The van der Waals surface area contributed by atoms with Crippen LogP contribution in [0.4, 0.5) is 5.69 Å². The minimum absolute atomic E-state index is 0.0427. The minimum Gasteiger partial charge on any atom is -0.494 e. The van der Waals surface area contributed by atoms with Crippen LogP contribution in [0.5, 0.6) is 5.75 Å². The van der Waals surface area contributed by atoms with Gasteiger partial charge in [0.1, 0.15) is 5.75 Å². The molecular weight excluding hydrogens is 226 g/mol. The molecule has 1 aliphatic rings. The summed E-state index contributed by atoms with van der Waals surface area (Å²) in [6.45, 7) is 7.54. The number of carbonyl (C=O) groups excluding carboxylic acids is 1. The minimum atomic E-state index is 0.0427. The quantitative estimate of drug-likeness (QED) is 0.822. The molecule has 1 aromatic carbocycles. The molecule has 0 bridgehead atoms. The first-order chi connectivity index (χ1) is 8.53. The third-order valence-corrected chi connectivity index (χ3v) is 3.54. The van der Waals surface area contributed by atoms with Crippen molar-refractivity contribution in [3.8, 4) is 5.75 Å². The molecule has 0 aromatic heterocycles. The van der Waals surface area contributed by atoms with Crippen molar-refractivity contribution >= 4 is 11.5 Å². The Balaban J connectivity index is 2.20. The van der Waals surface area contributed by atoms with E-state index < -0.39 is 0 Å². The van der Waals surface area contributed by atoms with Crippen LogP contribution in [0.15, 0.2) is 24.3 Å². The van der Waals surface area contributed by atoms with E-state index >= 15 is 0 Å². The maximum Gasteiger partial charge on any atom is 0.152 e. The van der Waals surface area contributed by atoms with E-state index in [1.54, 1.807) is 0 Å². The third-order valence-electron chi connectivity index (χ3n) is 3.54. The van der Waals surface area contributed by atoms with Gasteiger partial charge < -0.3 is 9.64 Å². The number of piperidine rings is 1. The highest BCUT2D eigenvalue weighted by molar-refractivity contribution is 5.85. The molecular formula is C15H21NO2. The van der Waals surface area contributed by atoms with Gasteiger partial charge in [-0.3, -0.25) is 4.79 Å². The molecule has 0 N–H and O–H groups in total. The van der Waals surface area contributed by atoms with Crippen LogP contribution in [-0.4, -0.2) is 24.5 Å². The number of anilines is 1. The number of hydrogen-bond acceptors (Lipinski definition) is 3. The van der Waals surface area contributed by atoms with E-state index in [1.807, 2.05) is 31.2 Å². The second-order valence-corrected chi connectivity index (χ2v) is 5.36. The predicted molar refractivity (Wildman–Crippen MR) is 73.3 cm³/mol. The summed E-state index contributed by atoms with van der Waals surface area (Å²) >= 11 is 0. The number of nitrogens with zero attached hydrogens (tertiary/aromatic N) is 1. The molecule has 0 amide bonds. The first-order valence-corrected chi connectivity index (χ1v) is 6.55. The third kappa shape index (κ3) is 2.66. The molecule has 0 atom stereocenters. The fourth-order valence-electron chi connectivity index (χ4n) is 2.38. The van der Waals surface area contributed by atoms with Crippen LogP contribution < -0.4 is 9.64 Å². The highest BCUT2D eigenvalue weighted by atomic mass is 16.5. The van der Waals surface area contributed by atoms with Gasteiger partial charge in [0.15, 0.2) is 5.78 Å². The highest BCUT2D eigenvalue weighted by Gasteiger charge is 2.33. The zero-order valence-corrected chi connectivity index (χ0v) is 11.4. The largest absolute Gasteiger partial charge is 0.494 e. The number of Topliss-reactive ketones (excluding diaryl/α,β-unsaturated/α-hetero) is 1. The summed E-state index contributed by atoms with van der Waals surface area (Å²) in [7, 11) is 0. The van der Waals surface area contributed by atoms with Gasteiger partial charge in [0.05, 0.1) is 13.2 Å². The summed E-state index contributed by atoms with van der Waals surface area (Å²) < 4.78 is 5.44. The van der Waals surface area contributed by atoms with Crippen LogP contribution in [0.1, 0.15) is 33.6 Å². The molecule has 18 heavy (non-hydrogen) atoms. The molecule has 1 heterocycles. The Morgan fingerprint density at radius 1 is 1.28 bits per heavy atom. The fraction of sp³-hybridized carbons (Fsp3) is 0.533. The molecule has 0 saturated carbocycles. The lowest BCUT2D eigenvalue weighted by molar-refractivity contribution is -0.119. The van der Waals surface area contributed by atoms with Crippen molar-refractivity contribution in [1.29, 1.82) is 0 Å². The second kappa shape index (κ2) is 5.01. The van der Waals surface area contributed by atoms with Gasteiger partial charge in [0.2, 0.25) is 0 Å². The first-order valence-electron chi connectivity index (χ1n) is 6.55. The van der Waals surface area contributed by atoms with Crippen molar-refractivity contribution in [2.45, 2.75) is 39.2 Å². The predicted octanol–water partition coefficient (Wildman–Crippen LogP) is 3.03. The van der Waals surface area contributed by atoms with Crippen LogP contribution in [0.2, 0.25) is 0 Å². The SMILES string of the molecule is CCOc1ccc(N2CC(=O)CCC2(C)C)cc1. The van der Waals surface area contributed by atoms with Crippen molar-refractivity contribution in [2.24, 2.45) is 0 Å². The monoisotopic (exact) mass is 247 g/mol. The van der Waals surface area contributed by atoms with Crippen LogP contribution in [0.25, 0.3) is 0 Å². The summed E-state index contributed by atoms with van der Waals surface area (Å²) in [5, 5.41) is 0.